The molecule has 0 aliphatic carbocycles. The van der Waals surface area contributed by atoms with Crippen LogP contribution in [0.2, 0.25) is 0 Å². The molecule has 0 saturated heterocycles. The average Bonchev–Trinajstić information content (AvgIpc) is 2.46. The number of rotatable bonds is 5. The number of aryl methyl sites for hydroxylation is 1. The molecule has 2 aromatic rings. The zero-order valence-electron chi connectivity index (χ0n) is 11.6. The fourth-order valence-electron chi connectivity index (χ4n) is 2.18. The molecule has 1 unspecified atom stereocenters. The van der Waals surface area contributed by atoms with E-state index in [0.29, 0.717) is 6.04 Å². The first-order valence-electron chi connectivity index (χ1n) is 6.76. The topological polar surface area (TPSA) is 32.3 Å². The Bertz CT molecular complexity index is 519. The summed E-state index contributed by atoms with van der Waals surface area (Å²) >= 11 is 0. The predicted molar refractivity (Wildman–Crippen MR) is 80.2 cm³/mol. The second-order valence-electron chi connectivity index (χ2n) is 4.87. The molecule has 2 N–H and O–H groups in total. The molecular formula is C17H21NO. The third-order valence-electron chi connectivity index (χ3n) is 3.34. The molecule has 2 rings (SSSR count). The summed E-state index contributed by atoms with van der Waals surface area (Å²) in [4.78, 5) is 0. The van der Waals surface area contributed by atoms with Gasteiger partial charge in [0.1, 0.15) is 0 Å². The van der Waals surface area contributed by atoms with E-state index in [4.69, 9.17) is 0 Å². The van der Waals surface area contributed by atoms with Crippen LogP contribution < -0.4 is 5.32 Å². The van der Waals surface area contributed by atoms with Gasteiger partial charge in [0.25, 0.3) is 0 Å². The Morgan fingerprint density at radius 3 is 2.47 bits per heavy atom. The molecule has 100 valence electrons. The maximum atomic E-state index is 9.17. The van der Waals surface area contributed by atoms with E-state index in [0.717, 1.165) is 17.7 Å². The molecule has 0 aromatic heterocycles. The van der Waals surface area contributed by atoms with Gasteiger partial charge in [0.15, 0.2) is 0 Å². The van der Waals surface area contributed by atoms with E-state index in [1.165, 1.54) is 11.1 Å². The van der Waals surface area contributed by atoms with Crippen molar-refractivity contribution in [3.05, 3.63) is 65.2 Å². The Hall–Kier alpha value is -1.80. The Morgan fingerprint density at radius 2 is 1.84 bits per heavy atom. The van der Waals surface area contributed by atoms with Gasteiger partial charge in [-0.3, -0.25) is 0 Å². The summed E-state index contributed by atoms with van der Waals surface area (Å²) < 4.78 is 0. The molecule has 0 amide bonds. The number of nitrogens with one attached hydrogen (secondary N) is 1. The van der Waals surface area contributed by atoms with Crippen molar-refractivity contribution >= 4 is 5.69 Å². The number of hydrogen-bond donors (Lipinski definition) is 2. The van der Waals surface area contributed by atoms with Crippen LogP contribution in [0.25, 0.3) is 0 Å². The molecule has 0 fully saturated rings. The van der Waals surface area contributed by atoms with Crippen LogP contribution >= 0.6 is 0 Å². The van der Waals surface area contributed by atoms with Crippen molar-refractivity contribution in [3.8, 4) is 0 Å². The first kappa shape index (κ1) is 13.6. The van der Waals surface area contributed by atoms with Gasteiger partial charge in [-0.2, -0.15) is 0 Å². The van der Waals surface area contributed by atoms with Crippen LogP contribution in [0.1, 0.15) is 36.1 Å². The first-order valence-corrected chi connectivity index (χ1v) is 6.76. The monoisotopic (exact) mass is 255 g/mol. The summed E-state index contributed by atoms with van der Waals surface area (Å²) in [6, 6.07) is 16.9. The molecule has 0 bridgehead atoms. The SMILES string of the molecule is CCC(Nc1cccc(CO)c1)c1ccc(C)cc1. The van der Waals surface area contributed by atoms with Crippen LogP contribution in [0.15, 0.2) is 48.5 Å². The van der Waals surface area contributed by atoms with Gasteiger partial charge in [-0.25, -0.2) is 0 Å². The zero-order valence-corrected chi connectivity index (χ0v) is 11.6. The summed E-state index contributed by atoms with van der Waals surface area (Å²) in [5.74, 6) is 0. The lowest BCUT2D eigenvalue weighted by Gasteiger charge is -2.19. The molecule has 19 heavy (non-hydrogen) atoms. The minimum atomic E-state index is 0.0802. The van der Waals surface area contributed by atoms with Gasteiger partial charge in [-0.05, 0) is 36.6 Å². The van der Waals surface area contributed by atoms with Crippen LogP contribution in [-0.4, -0.2) is 5.11 Å². The Morgan fingerprint density at radius 1 is 1.11 bits per heavy atom. The molecule has 2 nitrogen and oxygen atoms in total. The summed E-state index contributed by atoms with van der Waals surface area (Å²) in [7, 11) is 0. The Kier molecular flexibility index (Phi) is 4.58. The lowest BCUT2D eigenvalue weighted by molar-refractivity contribution is 0.282. The molecule has 2 heteroatoms. The molecule has 2 aromatic carbocycles. The van der Waals surface area contributed by atoms with E-state index >= 15 is 0 Å². The van der Waals surface area contributed by atoms with Gasteiger partial charge < -0.3 is 10.4 Å². The molecule has 0 aliphatic heterocycles. The number of aliphatic hydroxyl groups is 1. The second kappa shape index (κ2) is 6.39. The molecule has 0 spiro atoms. The number of hydrogen-bond acceptors (Lipinski definition) is 2. The van der Waals surface area contributed by atoms with Gasteiger partial charge in [0.2, 0.25) is 0 Å². The number of aliphatic hydroxyl groups excluding tert-OH is 1. The van der Waals surface area contributed by atoms with Crippen LogP contribution in [-0.2, 0) is 6.61 Å². The average molecular weight is 255 g/mol. The van der Waals surface area contributed by atoms with Crippen molar-refractivity contribution in [1.82, 2.24) is 0 Å². The van der Waals surface area contributed by atoms with Crippen LogP contribution in [0.3, 0.4) is 0 Å². The molecule has 1 atom stereocenters. The smallest absolute Gasteiger partial charge is 0.0682 e. The standard InChI is InChI=1S/C17H21NO/c1-3-17(15-9-7-13(2)8-10-15)18-16-6-4-5-14(11-16)12-19/h4-11,17-19H,3,12H2,1-2H3. The molecule has 0 aliphatic rings. The number of anilines is 1. The van der Waals surface area contributed by atoms with Gasteiger partial charge in [0.05, 0.1) is 12.6 Å². The van der Waals surface area contributed by atoms with Gasteiger partial charge in [0, 0.05) is 5.69 Å². The van der Waals surface area contributed by atoms with Gasteiger partial charge >= 0.3 is 0 Å². The van der Waals surface area contributed by atoms with Gasteiger partial charge in [-0.1, -0.05) is 48.9 Å². The van der Waals surface area contributed by atoms with E-state index in [1.54, 1.807) is 0 Å². The van der Waals surface area contributed by atoms with Crippen molar-refractivity contribution in [2.45, 2.75) is 32.9 Å². The van der Waals surface area contributed by atoms with E-state index in [-0.39, 0.29) is 6.61 Å². The quantitative estimate of drug-likeness (QED) is 0.844. The van der Waals surface area contributed by atoms with Crippen molar-refractivity contribution in [3.63, 3.8) is 0 Å². The molecular weight excluding hydrogens is 234 g/mol. The van der Waals surface area contributed by atoms with Crippen molar-refractivity contribution in [2.75, 3.05) is 5.32 Å². The summed E-state index contributed by atoms with van der Waals surface area (Å²) in [6.07, 6.45) is 1.02. The fraction of sp³-hybridized carbons (Fsp3) is 0.294. The maximum absolute atomic E-state index is 9.17. The summed E-state index contributed by atoms with van der Waals surface area (Å²) in [6.45, 7) is 4.35. The summed E-state index contributed by atoms with van der Waals surface area (Å²) in [5, 5.41) is 12.7. The third kappa shape index (κ3) is 3.58. The normalized spacial score (nSPS) is 12.2. The van der Waals surface area contributed by atoms with Crippen LogP contribution in [0.4, 0.5) is 5.69 Å². The molecule has 0 saturated carbocycles. The molecule has 0 heterocycles. The predicted octanol–water partition coefficient (Wildman–Crippen LogP) is 4.05. The van der Waals surface area contributed by atoms with E-state index in [2.05, 4.69) is 43.4 Å². The Balaban J connectivity index is 2.16. The highest BCUT2D eigenvalue weighted by Crippen LogP contribution is 2.23. The lowest BCUT2D eigenvalue weighted by atomic mass is 10.0. The van der Waals surface area contributed by atoms with E-state index in [9.17, 15) is 5.11 Å². The maximum Gasteiger partial charge on any atom is 0.0682 e. The van der Waals surface area contributed by atoms with E-state index in [1.807, 2.05) is 24.3 Å². The van der Waals surface area contributed by atoms with E-state index < -0.39 is 0 Å². The lowest BCUT2D eigenvalue weighted by Crippen LogP contribution is -2.09. The second-order valence-corrected chi connectivity index (χ2v) is 4.87. The third-order valence-corrected chi connectivity index (χ3v) is 3.34. The fourth-order valence-corrected chi connectivity index (χ4v) is 2.18. The minimum Gasteiger partial charge on any atom is -0.392 e. The first-order chi connectivity index (χ1) is 9.22. The highest BCUT2D eigenvalue weighted by Gasteiger charge is 2.08. The van der Waals surface area contributed by atoms with Gasteiger partial charge in [-0.15, -0.1) is 0 Å². The van der Waals surface area contributed by atoms with Crippen molar-refractivity contribution < 1.29 is 5.11 Å². The van der Waals surface area contributed by atoms with Crippen LogP contribution in [0.5, 0.6) is 0 Å². The van der Waals surface area contributed by atoms with Crippen molar-refractivity contribution in [2.24, 2.45) is 0 Å². The highest BCUT2D eigenvalue weighted by atomic mass is 16.3. The molecule has 0 radical (unpaired) electrons. The summed E-state index contributed by atoms with van der Waals surface area (Å²) in [5.41, 5.74) is 4.56. The largest absolute Gasteiger partial charge is 0.392 e. The number of benzene rings is 2. The Labute approximate surface area is 115 Å². The minimum absolute atomic E-state index is 0.0802. The zero-order chi connectivity index (χ0) is 13.7. The van der Waals surface area contributed by atoms with Crippen molar-refractivity contribution in [1.29, 1.82) is 0 Å². The van der Waals surface area contributed by atoms with Crippen LogP contribution in [0, 0.1) is 6.92 Å². The highest BCUT2D eigenvalue weighted by molar-refractivity contribution is 5.47.